The Morgan fingerprint density at radius 3 is 2.67 bits per heavy atom. The molecule has 0 bridgehead atoms. The molecule has 1 rings (SSSR count). The van der Waals surface area contributed by atoms with Crippen molar-refractivity contribution < 1.29 is 14.7 Å². The molecule has 1 aliphatic rings. The summed E-state index contributed by atoms with van der Waals surface area (Å²) in [5, 5.41) is 8.57. The fraction of sp³-hybridized carbons (Fsp3) is 0.636. The molecule has 0 aromatic rings. The van der Waals surface area contributed by atoms with Gasteiger partial charge in [-0.1, -0.05) is 19.1 Å². The maximum Gasteiger partial charge on any atom is 0.303 e. The van der Waals surface area contributed by atoms with Crippen molar-refractivity contribution >= 4 is 11.9 Å². The van der Waals surface area contributed by atoms with Crippen LogP contribution in [-0.4, -0.2) is 35.0 Å². The first-order valence-corrected chi connectivity index (χ1v) is 5.24. The maximum absolute atomic E-state index is 11.7. The lowest BCUT2D eigenvalue weighted by Crippen LogP contribution is -2.34. The van der Waals surface area contributed by atoms with Crippen molar-refractivity contribution in [3.05, 3.63) is 12.2 Å². The van der Waals surface area contributed by atoms with Crippen LogP contribution in [-0.2, 0) is 9.59 Å². The predicted molar refractivity (Wildman–Crippen MR) is 56.4 cm³/mol. The third-order valence-corrected chi connectivity index (χ3v) is 2.46. The number of rotatable bonds is 4. The molecule has 1 unspecified atom stereocenters. The van der Waals surface area contributed by atoms with Crippen molar-refractivity contribution in [3.8, 4) is 0 Å². The fourth-order valence-corrected chi connectivity index (χ4v) is 1.67. The van der Waals surface area contributed by atoms with Crippen molar-refractivity contribution in [2.75, 3.05) is 13.1 Å². The van der Waals surface area contributed by atoms with E-state index in [1.807, 2.05) is 6.08 Å². The molecular weight excluding hydrogens is 194 g/mol. The molecule has 4 nitrogen and oxygen atoms in total. The number of carbonyl (C=O) groups excluding carboxylic acids is 1. The molecule has 84 valence electrons. The van der Waals surface area contributed by atoms with Gasteiger partial charge in [0.25, 0.3) is 0 Å². The first-order chi connectivity index (χ1) is 7.09. The summed E-state index contributed by atoms with van der Waals surface area (Å²) in [4.78, 5) is 23.9. The molecule has 1 N–H and O–H groups in total. The van der Waals surface area contributed by atoms with Gasteiger partial charge in [0, 0.05) is 25.9 Å². The molecular formula is C11H17NO3. The highest BCUT2D eigenvalue weighted by atomic mass is 16.4. The van der Waals surface area contributed by atoms with E-state index in [1.165, 1.54) is 0 Å². The molecule has 4 heteroatoms. The van der Waals surface area contributed by atoms with E-state index in [2.05, 4.69) is 6.08 Å². The molecule has 1 aliphatic heterocycles. The van der Waals surface area contributed by atoms with E-state index in [4.69, 9.17) is 5.11 Å². The number of carbonyl (C=O) groups is 2. The quantitative estimate of drug-likeness (QED) is 0.712. The Labute approximate surface area is 89.6 Å². The Hall–Kier alpha value is -1.32. The van der Waals surface area contributed by atoms with Gasteiger partial charge in [-0.15, -0.1) is 0 Å². The standard InChI is InChI=1S/C11H17NO3/c1-9(8-11(14)15)7-10(13)12-5-3-2-4-6-12/h2-3,9H,4-8H2,1H3,(H,14,15). The average molecular weight is 211 g/mol. The predicted octanol–water partition coefficient (Wildman–Crippen LogP) is 1.28. The lowest BCUT2D eigenvalue weighted by Gasteiger charge is -2.24. The highest BCUT2D eigenvalue weighted by molar-refractivity contribution is 5.77. The molecule has 0 fully saturated rings. The molecule has 0 aromatic heterocycles. The van der Waals surface area contributed by atoms with Crippen LogP contribution in [0.2, 0.25) is 0 Å². The van der Waals surface area contributed by atoms with E-state index in [1.54, 1.807) is 11.8 Å². The summed E-state index contributed by atoms with van der Waals surface area (Å²) in [5.74, 6) is -0.858. The van der Waals surface area contributed by atoms with E-state index >= 15 is 0 Å². The molecule has 1 amide bonds. The minimum atomic E-state index is -0.839. The minimum Gasteiger partial charge on any atom is -0.481 e. The van der Waals surface area contributed by atoms with Gasteiger partial charge in [-0.2, -0.15) is 0 Å². The molecule has 1 atom stereocenters. The zero-order chi connectivity index (χ0) is 11.3. The van der Waals surface area contributed by atoms with Crippen LogP contribution in [0.3, 0.4) is 0 Å². The van der Waals surface area contributed by atoms with Gasteiger partial charge < -0.3 is 10.0 Å². The summed E-state index contributed by atoms with van der Waals surface area (Å²) in [6.45, 7) is 3.22. The number of aliphatic carboxylic acids is 1. The van der Waals surface area contributed by atoms with Crippen LogP contribution in [0.4, 0.5) is 0 Å². The summed E-state index contributed by atoms with van der Waals surface area (Å²) >= 11 is 0. The summed E-state index contributed by atoms with van der Waals surface area (Å²) in [6, 6.07) is 0. The van der Waals surface area contributed by atoms with Crippen LogP contribution in [0.5, 0.6) is 0 Å². The average Bonchev–Trinajstić information content (AvgIpc) is 2.17. The van der Waals surface area contributed by atoms with Crippen LogP contribution in [0, 0.1) is 5.92 Å². The minimum absolute atomic E-state index is 0.0631. The van der Waals surface area contributed by atoms with E-state index in [-0.39, 0.29) is 18.2 Å². The van der Waals surface area contributed by atoms with E-state index in [9.17, 15) is 9.59 Å². The Morgan fingerprint density at radius 2 is 2.13 bits per heavy atom. The summed E-state index contributed by atoms with van der Waals surface area (Å²) in [5.41, 5.74) is 0. The fourth-order valence-electron chi connectivity index (χ4n) is 1.67. The van der Waals surface area contributed by atoms with Gasteiger partial charge in [0.05, 0.1) is 0 Å². The first kappa shape index (κ1) is 11.8. The monoisotopic (exact) mass is 211 g/mol. The van der Waals surface area contributed by atoms with Crippen molar-refractivity contribution in [3.63, 3.8) is 0 Å². The van der Waals surface area contributed by atoms with Crippen LogP contribution < -0.4 is 0 Å². The van der Waals surface area contributed by atoms with Gasteiger partial charge in [-0.05, 0) is 12.3 Å². The number of carboxylic acids is 1. The Bertz CT molecular complexity index is 273. The Balaban J connectivity index is 2.34. The SMILES string of the molecule is CC(CC(=O)O)CC(=O)N1CC=CCC1. The second-order valence-electron chi connectivity index (χ2n) is 4.01. The first-order valence-electron chi connectivity index (χ1n) is 5.24. The third kappa shape index (κ3) is 4.14. The maximum atomic E-state index is 11.7. The van der Waals surface area contributed by atoms with E-state index in [0.717, 1.165) is 13.0 Å². The highest BCUT2D eigenvalue weighted by Crippen LogP contribution is 2.11. The molecule has 0 spiro atoms. The third-order valence-electron chi connectivity index (χ3n) is 2.46. The molecule has 1 heterocycles. The number of nitrogens with zero attached hydrogens (tertiary/aromatic N) is 1. The van der Waals surface area contributed by atoms with Crippen molar-refractivity contribution in [2.45, 2.75) is 26.2 Å². The van der Waals surface area contributed by atoms with E-state index < -0.39 is 5.97 Å². The summed E-state index contributed by atoms with van der Waals surface area (Å²) in [7, 11) is 0. The number of carboxylic acid groups (broad SMARTS) is 1. The van der Waals surface area contributed by atoms with Gasteiger partial charge in [0.2, 0.25) is 5.91 Å². The number of amides is 1. The van der Waals surface area contributed by atoms with Crippen LogP contribution >= 0.6 is 0 Å². The molecule has 0 saturated heterocycles. The van der Waals surface area contributed by atoms with Crippen molar-refractivity contribution in [1.29, 1.82) is 0 Å². The topological polar surface area (TPSA) is 57.6 Å². The smallest absolute Gasteiger partial charge is 0.303 e. The van der Waals surface area contributed by atoms with Gasteiger partial charge in [0.15, 0.2) is 0 Å². The zero-order valence-corrected chi connectivity index (χ0v) is 8.98. The Kier molecular flexibility index (Phi) is 4.34. The second kappa shape index (κ2) is 5.53. The molecule has 15 heavy (non-hydrogen) atoms. The van der Waals surface area contributed by atoms with E-state index in [0.29, 0.717) is 13.0 Å². The number of hydrogen-bond donors (Lipinski definition) is 1. The van der Waals surface area contributed by atoms with Crippen LogP contribution in [0.25, 0.3) is 0 Å². The molecule has 0 aromatic carbocycles. The summed E-state index contributed by atoms with van der Waals surface area (Å²) in [6.07, 6.45) is 5.34. The molecule has 0 radical (unpaired) electrons. The van der Waals surface area contributed by atoms with Gasteiger partial charge >= 0.3 is 5.97 Å². The lowest BCUT2D eigenvalue weighted by atomic mass is 10.0. The van der Waals surface area contributed by atoms with Gasteiger partial charge in [-0.25, -0.2) is 0 Å². The second-order valence-corrected chi connectivity index (χ2v) is 4.01. The van der Waals surface area contributed by atoms with Crippen LogP contribution in [0.1, 0.15) is 26.2 Å². The Morgan fingerprint density at radius 1 is 1.40 bits per heavy atom. The highest BCUT2D eigenvalue weighted by Gasteiger charge is 2.18. The normalized spacial score (nSPS) is 17.5. The van der Waals surface area contributed by atoms with Crippen molar-refractivity contribution in [2.24, 2.45) is 5.92 Å². The zero-order valence-electron chi connectivity index (χ0n) is 8.98. The van der Waals surface area contributed by atoms with Gasteiger partial charge in [-0.3, -0.25) is 9.59 Å². The summed E-state index contributed by atoms with van der Waals surface area (Å²) < 4.78 is 0. The largest absolute Gasteiger partial charge is 0.481 e. The molecule has 0 saturated carbocycles. The number of hydrogen-bond acceptors (Lipinski definition) is 2. The van der Waals surface area contributed by atoms with Crippen LogP contribution in [0.15, 0.2) is 12.2 Å². The lowest BCUT2D eigenvalue weighted by molar-refractivity contribution is -0.138. The molecule has 0 aliphatic carbocycles. The van der Waals surface area contributed by atoms with Gasteiger partial charge in [0.1, 0.15) is 0 Å². The van der Waals surface area contributed by atoms with Crippen molar-refractivity contribution in [1.82, 2.24) is 4.90 Å².